The first-order valence-electron chi connectivity index (χ1n) is 6.22. The Hall–Kier alpha value is -2.30. The van der Waals surface area contributed by atoms with Crippen LogP contribution in [0.3, 0.4) is 0 Å². The molecule has 1 aliphatic rings. The molecule has 1 aromatic carbocycles. The third-order valence-electron chi connectivity index (χ3n) is 3.53. The Labute approximate surface area is 109 Å². The maximum absolute atomic E-state index is 12.3. The van der Waals surface area contributed by atoms with E-state index in [-0.39, 0.29) is 18.2 Å². The minimum absolute atomic E-state index is 0.0214. The van der Waals surface area contributed by atoms with Crippen molar-refractivity contribution in [3.05, 3.63) is 36.0 Å². The molecule has 1 fully saturated rings. The van der Waals surface area contributed by atoms with Crippen molar-refractivity contribution in [2.75, 3.05) is 13.1 Å². The lowest BCUT2D eigenvalue weighted by Crippen LogP contribution is -2.50. The topological polar surface area (TPSA) is 73.4 Å². The smallest absolute Gasteiger partial charge is 0.303 e. The van der Waals surface area contributed by atoms with Crippen LogP contribution in [0.15, 0.2) is 30.5 Å². The van der Waals surface area contributed by atoms with Gasteiger partial charge in [-0.1, -0.05) is 6.07 Å². The van der Waals surface area contributed by atoms with Crippen molar-refractivity contribution < 1.29 is 14.7 Å². The number of carboxylic acid groups (broad SMARTS) is 1. The summed E-state index contributed by atoms with van der Waals surface area (Å²) in [5.74, 6) is -0.733. The number of hydrogen-bond donors (Lipinski definition) is 2. The van der Waals surface area contributed by atoms with Gasteiger partial charge in [0.1, 0.15) is 0 Å². The van der Waals surface area contributed by atoms with Gasteiger partial charge in [-0.3, -0.25) is 9.59 Å². The van der Waals surface area contributed by atoms with E-state index in [9.17, 15) is 9.59 Å². The minimum atomic E-state index is -0.801. The number of aliphatic carboxylic acids is 1. The van der Waals surface area contributed by atoms with Gasteiger partial charge in [0.05, 0.1) is 6.42 Å². The van der Waals surface area contributed by atoms with Gasteiger partial charge in [-0.2, -0.15) is 0 Å². The minimum Gasteiger partial charge on any atom is -0.481 e. The van der Waals surface area contributed by atoms with Crippen LogP contribution in [-0.4, -0.2) is 40.0 Å². The zero-order chi connectivity index (χ0) is 13.4. The molecule has 98 valence electrons. The molecule has 19 heavy (non-hydrogen) atoms. The number of hydrogen-bond acceptors (Lipinski definition) is 2. The van der Waals surface area contributed by atoms with Gasteiger partial charge in [0.25, 0.3) is 5.91 Å². The molecule has 0 saturated carbocycles. The van der Waals surface area contributed by atoms with Gasteiger partial charge in [-0.05, 0) is 18.2 Å². The Balaban J connectivity index is 1.75. The molecule has 2 aromatic rings. The Kier molecular flexibility index (Phi) is 2.74. The zero-order valence-corrected chi connectivity index (χ0v) is 10.3. The average Bonchev–Trinajstić information content (AvgIpc) is 2.80. The number of benzene rings is 1. The summed E-state index contributed by atoms with van der Waals surface area (Å²) in [5.41, 5.74) is 1.61. The Morgan fingerprint density at radius 3 is 2.84 bits per heavy atom. The highest BCUT2D eigenvalue weighted by Gasteiger charge is 2.33. The number of amides is 1. The predicted octanol–water partition coefficient (Wildman–Crippen LogP) is 1.71. The number of H-pyrrole nitrogens is 1. The molecule has 2 N–H and O–H groups in total. The molecule has 0 unspecified atom stereocenters. The highest BCUT2D eigenvalue weighted by Crippen LogP contribution is 2.25. The monoisotopic (exact) mass is 258 g/mol. The molecule has 1 amide bonds. The maximum atomic E-state index is 12.3. The number of nitrogens with one attached hydrogen (secondary N) is 1. The summed E-state index contributed by atoms with van der Waals surface area (Å²) < 4.78 is 0. The van der Waals surface area contributed by atoms with Crippen LogP contribution in [0.25, 0.3) is 10.9 Å². The first-order valence-corrected chi connectivity index (χ1v) is 6.22. The fourth-order valence-corrected chi connectivity index (χ4v) is 2.55. The molecular formula is C14H14N2O3. The van der Waals surface area contributed by atoms with Crippen LogP contribution in [0.1, 0.15) is 16.8 Å². The second kappa shape index (κ2) is 4.42. The van der Waals surface area contributed by atoms with Gasteiger partial charge < -0.3 is 15.0 Å². The Morgan fingerprint density at radius 2 is 2.11 bits per heavy atom. The Bertz CT molecular complexity index is 641. The number of fused-ring (bicyclic) bond motifs is 1. The van der Waals surface area contributed by atoms with Crippen LogP contribution in [0.5, 0.6) is 0 Å². The van der Waals surface area contributed by atoms with Gasteiger partial charge in [0, 0.05) is 41.7 Å². The lowest BCUT2D eigenvalue weighted by Gasteiger charge is -2.38. The third kappa shape index (κ3) is 2.07. The fourth-order valence-electron chi connectivity index (χ4n) is 2.55. The molecule has 0 aliphatic carbocycles. The van der Waals surface area contributed by atoms with Crippen LogP contribution in [0.2, 0.25) is 0 Å². The molecule has 0 spiro atoms. The lowest BCUT2D eigenvalue weighted by atomic mass is 9.95. The van der Waals surface area contributed by atoms with Crippen LogP contribution in [0, 0.1) is 5.92 Å². The number of carbonyl (C=O) groups excluding carboxylic acids is 1. The van der Waals surface area contributed by atoms with Gasteiger partial charge in [0.15, 0.2) is 0 Å². The summed E-state index contributed by atoms with van der Waals surface area (Å²) in [4.78, 5) is 27.7. The van der Waals surface area contributed by atoms with Crippen molar-refractivity contribution >= 4 is 22.8 Å². The average molecular weight is 258 g/mol. The summed E-state index contributed by atoms with van der Waals surface area (Å²) >= 11 is 0. The van der Waals surface area contributed by atoms with Crippen LogP contribution in [-0.2, 0) is 4.79 Å². The molecule has 0 atom stereocenters. The SMILES string of the molecule is O=C(O)CC1CN(C(=O)c2cccc3[nH]ccc23)C1. The second-order valence-electron chi connectivity index (χ2n) is 4.92. The normalized spacial score (nSPS) is 15.5. The number of aromatic amines is 1. The zero-order valence-electron chi connectivity index (χ0n) is 10.3. The van der Waals surface area contributed by atoms with E-state index in [1.807, 2.05) is 30.5 Å². The van der Waals surface area contributed by atoms with Crippen molar-refractivity contribution in [1.82, 2.24) is 9.88 Å². The fraction of sp³-hybridized carbons (Fsp3) is 0.286. The molecular weight excluding hydrogens is 244 g/mol. The number of aromatic nitrogens is 1. The van der Waals surface area contributed by atoms with Crippen molar-refractivity contribution in [1.29, 1.82) is 0 Å². The largest absolute Gasteiger partial charge is 0.481 e. The molecule has 1 aromatic heterocycles. The molecule has 0 radical (unpaired) electrons. The van der Waals surface area contributed by atoms with E-state index in [1.165, 1.54) is 0 Å². The molecule has 1 saturated heterocycles. The molecule has 2 heterocycles. The highest BCUT2D eigenvalue weighted by molar-refractivity contribution is 6.06. The van der Waals surface area contributed by atoms with Crippen molar-refractivity contribution in [3.8, 4) is 0 Å². The van der Waals surface area contributed by atoms with E-state index < -0.39 is 5.97 Å². The van der Waals surface area contributed by atoms with E-state index in [0.717, 1.165) is 10.9 Å². The lowest BCUT2D eigenvalue weighted by molar-refractivity contribution is -0.139. The number of carbonyl (C=O) groups is 2. The third-order valence-corrected chi connectivity index (χ3v) is 3.53. The highest BCUT2D eigenvalue weighted by atomic mass is 16.4. The number of nitrogens with zero attached hydrogens (tertiary/aromatic N) is 1. The van der Waals surface area contributed by atoms with Gasteiger partial charge in [0.2, 0.25) is 0 Å². The van der Waals surface area contributed by atoms with Crippen molar-refractivity contribution in [3.63, 3.8) is 0 Å². The summed E-state index contributed by atoms with van der Waals surface area (Å²) in [6.45, 7) is 1.07. The quantitative estimate of drug-likeness (QED) is 0.880. The molecule has 5 nitrogen and oxygen atoms in total. The first kappa shape index (κ1) is 11.8. The Morgan fingerprint density at radius 1 is 1.32 bits per heavy atom. The van der Waals surface area contributed by atoms with Crippen molar-refractivity contribution in [2.24, 2.45) is 5.92 Å². The summed E-state index contributed by atoms with van der Waals surface area (Å²) in [7, 11) is 0. The predicted molar refractivity (Wildman–Crippen MR) is 69.9 cm³/mol. The van der Waals surface area contributed by atoms with E-state index >= 15 is 0 Å². The summed E-state index contributed by atoms with van der Waals surface area (Å²) in [5, 5.41) is 9.61. The first-order chi connectivity index (χ1) is 9.15. The van der Waals surface area contributed by atoms with Crippen LogP contribution < -0.4 is 0 Å². The van der Waals surface area contributed by atoms with Crippen LogP contribution >= 0.6 is 0 Å². The van der Waals surface area contributed by atoms with E-state index in [0.29, 0.717) is 18.7 Å². The summed E-state index contributed by atoms with van der Waals surface area (Å²) in [6, 6.07) is 7.47. The standard InChI is InChI=1S/C14H14N2O3/c17-13(18)6-9-7-16(8-9)14(19)11-2-1-3-12-10(11)4-5-15-12/h1-5,9,15H,6-8H2,(H,17,18). The van der Waals surface area contributed by atoms with Crippen molar-refractivity contribution in [2.45, 2.75) is 6.42 Å². The van der Waals surface area contributed by atoms with Crippen LogP contribution in [0.4, 0.5) is 0 Å². The number of likely N-dealkylation sites (tertiary alicyclic amines) is 1. The molecule has 5 heteroatoms. The number of rotatable bonds is 3. The molecule has 1 aliphatic heterocycles. The van der Waals surface area contributed by atoms with E-state index in [4.69, 9.17) is 5.11 Å². The number of carboxylic acids is 1. The van der Waals surface area contributed by atoms with Gasteiger partial charge in [-0.25, -0.2) is 0 Å². The van der Waals surface area contributed by atoms with Gasteiger partial charge >= 0.3 is 5.97 Å². The molecule has 0 bridgehead atoms. The van der Waals surface area contributed by atoms with E-state index in [1.54, 1.807) is 4.90 Å². The van der Waals surface area contributed by atoms with Gasteiger partial charge in [-0.15, -0.1) is 0 Å². The van der Waals surface area contributed by atoms with E-state index in [2.05, 4.69) is 4.98 Å². The second-order valence-corrected chi connectivity index (χ2v) is 4.92. The maximum Gasteiger partial charge on any atom is 0.303 e. The summed E-state index contributed by atoms with van der Waals surface area (Å²) in [6.07, 6.45) is 1.95. The molecule has 3 rings (SSSR count).